The Bertz CT molecular complexity index is 638. The van der Waals surface area contributed by atoms with Crippen LogP contribution in [0.5, 0.6) is 5.75 Å². The zero-order chi connectivity index (χ0) is 17.4. The molecule has 0 spiro atoms. The van der Waals surface area contributed by atoms with E-state index in [0.717, 1.165) is 16.5 Å². The SMILES string of the molecule is CSCC(CCO)NC(=O)c1ccc(OCc2csc(C)n2)cc1. The van der Waals surface area contributed by atoms with Crippen molar-refractivity contribution in [2.75, 3.05) is 18.6 Å². The molecule has 1 heterocycles. The summed E-state index contributed by atoms with van der Waals surface area (Å²) >= 11 is 3.24. The van der Waals surface area contributed by atoms with Gasteiger partial charge in [-0.1, -0.05) is 0 Å². The van der Waals surface area contributed by atoms with E-state index >= 15 is 0 Å². The summed E-state index contributed by atoms with van der Waals surface area (Å²) in [6.45, 7) is 2.44. The van der Waals surface area contributed by atoms with Crippen molar-refractivity contribution < 1.29 is 14.6 Å². The lowest BCUT2D eigenvalue weighted by atomic mass is 10.1. The van der Waals surface area contributed by atoms with Crippen molar-refractivity contribution in [1.29, 1.82) is 0 Å². The van der Waals surface area contributed by atoms with E-state index in [0.29, 0.717) is 24.3 Å². The Morgan fingerprint density at radius 3 is 2.75 bits per heavy atom. The van der Waals surface area contributed by atoms with Crippen LogP contribution in [0.15, 0.2) is 29.6 Å². The predicted molar refractivity (Wildman–Crippen MR) is 99.0 cm³/mol. The van der Waals surface area contributed by atoms with Gasteiger partial charge < -0.3 is 15.2 Å². The van der Waals surface area contributed by atoms with Crippen LogP contribution in [0.1, 0.15) is 27.5 Å². The zero-order valence-corrected chi connectivity index (χ0v) is 15.5. The number of hydrogen-bond acceptors (Lipinski definition) is 6. The van der Waals surface area contributed by atoms with Crippen molar-refractivity contribution in [2.24, 2.45) is 0 Å². The van der Waals surface area contributed by atoms with E-state index in [1.54, 1.807) is 47.4 Å². The predicted octanol–water partition coefficient (Wildman–Crippen LogP) is 2.87. The smallest absolute Gasteiger partial charge is 0.251 e. The monoisotopic (exact) mass is 366 g/mol. The molecule has 7 heteroatoms. The summed E-state index contributed by atoms with van der Waals surface area (Å²) in [5.74, 6) is 1.35. The number of amides is 1. The first-order chi connectivity index (χ1) is 11.6. The standard InChI is InChI=1S/C17H22N2O3S2/c1-12-18-15(11-24-12)9-22-16-5-3-13(4-6-16)17(21)19-14(7-8-20)10-23-2/h3-6,11,14,20H,7-10H2,1-2H3,(H,19,21). The van der Waals surface area contributed by atoms with E-state index in [1.807, 2.05) is 18.6 Å². The molecule has 130 valence electrons. The highest BCUT2D eigenvalue weighted by Crippen LogP contribution is 2.16. The molecular formula is C17H22N2O3S2. The van der Waals surface area contributed by atoms with Gasteiger partial charge in [0.1, 0.15) is 12.4 Å². The largest absolute Gasteiger partial charge is 0.487 e. The molecule has 0 saturated heterocycles. The van der Waals surface area contributed by atoms with E-state index in [1.165, 1.54) is 0 Å². The third-order valence-electron chi connectivity index (χ3n) is 3.35. The molecular weight excluding hydrogens is 344 g/mol. The maximum Gasteiger partial charge on any atom is 0.251 e. The molecule has 0 saturated carbocycles. The van der Waals surface area contributed by atoms with Gasteiger partial charge in [-0.15, -0.1) is 11.3 Å². The van der Waals surface area contributed by atoms with Crippen LogP contribution in [-0.2, 0) is 6.61 Å². The highest BCUT2D eigenvalue weighted by Gasteiger charge is 2.13. The van der Waals surface area contributed by atoms with Crippen molar-refractivity contribution in [2.45, 2.75) is 26.0 Å². The number of rotatable bonds is 9. The fourth-order valence-corrected chi connectivity index (χ4v) is 3.41. The van der Waals surface area contributed by atoms with Crippen molar-refractivity contribution >= 4 is 29.0 Å². The first-order valence-electron chi connectivity index (χ1n) is 7.67. The van der Waals surface area contributed by atoms with Crippen molar-refractivity contribution in [1.82, 2.24) is 10.3 Å². The van der Waals surface area contributed by atoms with Gasteiger partial charge in [-0.3, -0.25) is 4.79 Å². The number of nitrogens with zero attached hydrogens (tertiary/aromatic N) is 1. The molecule has 0 aliphatic rings. The molecule has 1 amide bonds. The van der Waals surface area contributed by atoms with Crippen molar-refractivity contribution in [3.8, 4) is 5.75 Å². The second kappa shape index (κ2) is 9.66. The highest BCUT2D eigenvalue weighted by atomic mass is 32.2. The maximum atomic E-state index is 12.2. The summed E-state index contributed by atoms with van der Waals surface area (Å²) in [5, 5.41) is 15.0. The van der Waals surface area contributed by atoms with E-state index in [4.69, 9.17) is 9.84 Å². The number of thiazole rings is 1. The molecule has 1 aromatic heterocycles. The summed E-state index contributed by atoms with van der Waals surface area (Å²) < 4.78 is 5.67. The van der Waals surface area contributed by atoms with Gasteiger partial charge in [0.05, 0.1) is 10.7 Å². The van der Waals surface area contributed by atoms with Gasteiger partial charge in [-0.25, -0.2) is 4.98 Å². The molecule has 0 bridgehead atoms. The van der Waals surface area contributed by atoms with Crippen LogP contribution in [0.4, 0.5) is 0 Å². The summed E-state index contributed by atoms with van der Waals surface area (Å²) in [5.41, 5.74) is 1.49. The highest BCUT2D eigenvalue weighted by molar-refractivity contribution is 7.98. The maximum absolute atomic E-state index is 12.2. The second-order valence-corrected chi connectivity index (χ2v) is 7.28. The summed E-state index contributed by atoms with van der Waals surface area (Å²) in [7, 11) is 0. The first kappa shape index (κ1) is 18.8. The Labute approximate surface area is 150 Å². The van der Waals surface area contributed by atoms with Gasteiger partial charge >= 0.3 is 0 Å². The molecule has 5 nitrogen and oxygen atoms in total. The number of benzene rings is 1. The zero-order valence-electron chi connectivity index (χ0n) is 13.8. The molecule has 1 aromatic carbocycles. The number of aromatic nitrogens is 1. The van der Waals surface area contributed by atoms with E-state index in [9.17, 15) is 4.79 Å². The first-order valence-corrected chi connectivity index (χ1v) is 9.94. The van der Waals surface area contributed by atoms with Crippen LogP contribution < -0.4 is 10.1 Å². The molecule has 2 aromatic rings. The van der Waals surface area contributed by atoms with Crippen LogP contribution in [0, 0.1) is 6.92 Å². The Balaban J connectivity index is 1.89. The van der Waals surface area contributed by atoms with E-state index in [2.05, 4.69) is 10.3 Å². The van der Waals surface area contributed by atoms with Crippen LogP contribution >= 0.6 is 23.1 Å². The molecule has 24 heavy (non-hydrogen) atoms. The van der Waals surface area contributed by atoms with Gasteiger partial charge in [0, 0.05) is 29.3 Å². The molecule has 1 unspecified atom stereocenters. The lowest BCUT2D eigenvalue weighted by Crippen LogP contribution is -2.37. The Hall–Kier alpha value is -1.57. The average molecular weight is 367 g/mol. The minimum Gasteiger partial charge on any atom is -0.487 e. The topological polar surface area (TPSA) is 71.5 Å². The van der Waals surface area contributed by atoms with Crippen LogP contribution in [0.2, 0.25) is 0 Å². The molecule has 0 aliphatic heterocycles. The van der Waals surface area contributed by atoms with Gasteiger partial charge in [-0.2, -0.15) is 11.8 Å². The number of aliphatic hydroxyl groups excluding tert-OH is 1. The molecule has 2 rings (SSSR count). The lowest BCUT2D eigenvalue weighted by Gasteiger charge is -2.16. The number of thioether (sulfide) groups is 1. The van der Waals surface area contributed by atoms with Gasteiger partial charge in [0.2, 0.25) is 0 Å². The number of carbonyl (C=O) groups is 1. The Kier molecular flexibility index (Phi) is 7.55. The molecule has 0 fully saturated rings. The van der Waals surface area contributed by atoms with Crippen molar-refractivity contribution in [3.05, 3.63) is 45.9 Å². The number of aliphatic hydroxyl groups is 1. The molecule has 2 N–H and O–H groups in total. The number of hydrogen-bond donors (Lipinski definition) is 2. The number of carbonyl (C=O) groups excluding carboxylic acids is 1. The fourth-order valence-electron chi connectivity index (χ4n) is 2.16. The minimum atomic E-state index is -0.135. The number of nitrogens with one attached hydrogen (secondary N) is 1. The Morgan fingerprint density at radius 1 is 1.42 bits per heavy atom. The lowest BCUT2D eigenvalue weighted by molar-refractivity contribution is 0.0935. The molecule has 0 aliphatic carbocycles. The Morgan fingerprint density at radius 2 is 2.17 bits per heavy atom. The van der Waals surface area contributed by atoms with E-state index < -0.39 is 0 Å². The van der Waals surface area contributed by atoms with Crippen LogP contribution in [0.25, 0.3) is 0 Å². The fraction of sp³-hybridized carbons (Fsp3) is 0.412. The summed E-state index contributed by atoms with van der Waals surface area (Å²) in [6.07, 6.45) is 2.54. The third kappa shape index (κ3) is 5.81. The van der Waals surface area contributed by atoms with E-state index in [-0.39, 0.29) is 18.6 Å². The quantitative estimate of drug-likeness (QED) is 0.714. The minimum absolute atomic E-state index is 0.0265. The van der Waals surface area contributed by atoms with Gasteiger partial charge in [-0.05, 0) is 43.9 Å². The third-order valence-corrected chi connectivity index (χ3v) is 4.91. The summed E-state index contributed by atoms with van der Waals surface area (Å²) in [4.78, 5) is 16.6. The van der Waals surface area contributed by atoms with Crippen LogP contribution in [0.3, 0.4) is 0 Å². The van der Waals surface area contributed by atoms with Gasteiger partial charge in [0.25, 0.3) is 5.91 Å². The number of aryl methyl sites for hydroxylation is 1. The second-order valence-electron chi connectivity index (χ2n) is 5.31. The molecule has 1 atom stereocenters. The van der Waals surface area contributed by atoms with Crippen molar-refractivity contribution in [3.63, 3.8) is 0 Å². The normalized spacial score (nSPS) is 12.0. The number of ether oxygens (including phenoxy) is 1. The van der Waals surface area contributed by atoms with Gasteiger partial charge in [0.15, 0.2) is 0 Å². The molecule has 0 radical (unpaired) electrons. The average Bonchev–Trinajstić information content (AvgIpc) is 2.99. The van der Waals surface area contributed by atoms with Crippen LogP contribution in [-0.4, -0.2) is 40.7 Å². The summed E-state index contributed by atoms with van der Waals surface area (Å²) in [6, 6.07) is 7.02.